The second-order valence-corrected chi connectivity index (χ2v) is 8.05. The van der Waals surface area contributed by atoms with Crippen molar-refractivity contribution in [2.75, 3.05) is 16.4 Å². The molecular weight excluding hydrogens is 382 g/mol. The van der Waals surface area contributed by atoms with E-state index < -0.39 is 0 Å². The maximum absolute atomic E-state index is 6.19. The average molecular weight is 420 g/mol. The number of anilines is 3. The molecule has 0 aliphatic rings. The Balaban J connectivity index is 0.000000785. The number of rotatable bonds is 7. The van der Waals surface area contributed by atoms with E-state index in [1.807, 2.05) is 19.2 Å². The van der Waals surface area contributed by atoms with Crippen LogP contribution in [-0.4, -0.2) is 11.0 Å². The molecule has 0 fully saturated rings. The molecule has 5 nitrogen and oxygen atoms in total. The molecule has 0 amide bonds. The molecule has 0 bridgehead atoms. The molecule has 0 saturated heterocycles. The number of hydrogen-bond donors (Lipinski definition) is 5. The molecule has 5 heteroatoms. The third-order valence-electron chi connectivity index (χ3n) is 5.33. The Labute approximate surface area is 186 Å². The van der Waals surface area contributed by atoms with Crippen molar-refractivity contribution in [3.63, 3.8) is 0 Å². The maximum Gasteiger partial charge on any atom is 0.125 e. The van der Waals surface area contributed by atoms with Crippen LogP contribution >= 0.6 is 0 Å². The molecule has 1 unspecified atom stereocenters. The van der Waals surface area contributed by atoms with Gasteiger partial charge in [-0.25, -0.2) is 0 Å². The molecule has 0 radical (unpaired) electrons. The molecule has 166 valence electrons. The van der Waals surface area contributed by atoms with Crippen LogP contribution in [-0.2, 0) is 0 Å². The van der Waals surface area contributed by atoms with Crippen molar-refractivity contribution >= 4 is 17.2 Å². The van der Waals surface area contributed by atoms with E-state index >= 15 is 0 Å². The first-order valence-corrected chi connectivity index (χ1v) is 10.9. The molecular formula is C26H37N5. The van der Waals surface area contributed by atoms with Crippen molar-refractivity contribution in [2.45, 2.75) is 46.7 Å². The Morgan fingerprint density at radius 1 is 0.935 bits per heavy atom. The smallest absolute Gasteiger partial charge is 0.125 e. The number of hydrogen-bond acceptors (Lipinski definition) is 4. The predicted octanol–water partition coefficient (Wildman–Crippen LogP) is 6.37. The van der Waals surface area contributed by atoms with Crippen molar-refractivity contribution in [2.24, 2.45) is 11.7 Å². The highest BCUT2D eigenvalue weighted by atomic mass is 15.0. The summed E-state index contributed by atoms with van der Waals surface area (Å²) in [4.78, 5) is 3.16. The molecule has 1 heterocycles. The number of H-pyrrole nitrogens is 1. The van der Waals surface area contributed by atoms with Crippen molar-refractivity contribution in [3.8, 4) is 11.1 Å². The number of nitrogen functional groups attached to an aromatic ring is 1. The van der Waals surface area contributed by atoms with Gasteiger partial charge in [0.25, 0.3) is 0 Å². The zero-order valence-corrected chi connectivity index (χ0v) is 19.3. The number of benzene rings is 2. The second-order valence-electron chi connectivity index (χ2n) is 8.05. The van der Waals surface area contributed by atoms with E-state index in [-0.39, 0.29) is 6.04 Å². The molecule has 2 aromatic carbocycles. The van der Waals surface area contributed by atoms with Crippen LogP contribution in [0.2, 0.25) is 0 Å². The summed E-state index contributed by atoms with van der Waals surface area (Å²) >= 11 is 0. The van der Waals surface area contributed by atoms with Gasteiger partial charge in [0.05, 0.1) is 5.69 Å². The van der Waals surface area contributed by atoms with Gasteiger partial charge in [0.15, 0.2) is 0 Å². The maximum atomic E-state index is 6.19. The number of nitrogens with one attached hydrogen (secondary N) is 3. The molecule has 0 aliphatic heterocycles. The number of allylic oxidation sites excluding steroid dienone is 1. The summed E-state index contributed by atoms with van der Waals surface area (Å²) in [5, 5.41) is 7.16. The average Bonchev–Trinajstić information content (AvgIpc) is 3.14. The van der Waals surface area contributed by atoms with Crippen LogP contribution in [0.5, 0.6) is 0 Å². The Kier molecular flexibility index (Phi) is 9.07. The van der Waals surface area contributed by atoms with Crippen LogP contribution < -0.4 is 22.1 Å². The molecule has 7 N–H and O–H groups in total. The molecule has 2 atom stereocenters. The van der Waals surface area contributed by atoms with Crippen LogP contribution in [0.25, 0.3) is 11.1 Å². The summed E-state index contributed by atoms with van der Waals surface area (Å²) in [6.45, 7) is 10.6. The van der Waals surface area contributed by atoms with Gasteiger partial charge < -0.3 is 27.1 Å². The van der Waals surface area contributed by atoms with Gasteiger partial charge in [0, 0.05) is 29.5 Å². The fraction of sp³-hybridized carbons (Fsp3) is 0.308. The fourth-order valence-corrected chi connectivity index (χ4v) is 3.07. The minimum atomic E-state index is 0.233. The molecule has 3 aromatic rings. The van der Waals surface area contributed by atoms with Crippen molar-refractivity contribution in [3.05, 3.63) is 78.6 Å². The van der Waals surface area contributed by atoms with E-state index in [2.05, 4.69) is 91.8 Å². The van der Waals surface area contributed by atoms with Gasteiger partial charge in [0.1, 0.15) is 5.82 Å². The van der Waals surface area contributed by atoms with Crippen LogP contribution in [0.4, 0.5) is 17.2 Å². The van der Waals surface area contributed by atoms with Gasteiger partial charge in [-0.05, 0) is 56.1 Å². The minimum Gasteiger partial charge on any atom is -0.405 e. The summed E-state index contributed by atoms with van der Waals surface area (Å²) in [7, 11) is 0. The lowest BCUT2D eigenvalue weighted by atomic mass is 10.0. The topological polar surface area (TPSA) is 91.9 Å². The van der Waals surface area contributed by atoms with Crippen LogP contribution in [0.1, 0.15) is 46.2 Å². The van der Waals surface area contributed by atoms with Crippen LogP contribution in [0.3, 0.4) is 0 Å². The fourth-order valence-electron chi connectivity index (χ4n) is 3.07. The summed E-state index contributed by atoms with van der Waals surface area (Å²) in [5.41, 5.74) is 16.6. The first kappa shape index (κ1) is 23.9. The minimum absolute atomic E-state index is 0.233. The number of aromatic nitrogens is 1. The highest BCUT2D eigenvalue weighted by Gasteiger charge is 2.15. The van der Waals surface area contributed by atoms with E-state index in [0.29, 0.717) is 17.8 Å². The van der Waals surface area contributed by atoms with E-state index in [4.69, 9.17) is 11.5 Å². The van der Waals surface area contributed by atoms with Gasteiger partial charge in [-0.2, -0.15) is 0 Å². The summed E-state index contributed by atoms with van der Waals surface area (Å²) < 4.78 is 0. The largest absolute Gasteiger partial charge is 0.405 e. The van der Waals surface area contributed by atoms with Gasteiger partial charge >= 0.3 is 0 Å². The molecule has 1 aromatic heterocycles. The van der Waals surface area contributed by atoms with E-state index in [0.717, 1.165) is 22.5 Å². The molecule has 0 aliphatic carbocycles. The lowest BCUT2D eigenvalue weighted by Gasteiger charge is -2.20. The number of aromatic amines is 1. The summed E-state index contributed by atoms with van der Waals surface area (Å²) in [6, 6.07) is 19.5. The molecule has 31 heavy (non-hydrogen) atoms. The molecule has 0 spiro atoms. The zero-order chi connectivity index (χ0) is 22.8. The summed E-state index contributed by atoms with van der Waals surface area (Å²) in [6.07, 6.45) is 5.25. The van der Waals surface area contributed by atoms with Gasteiger partial charge in [-0.1, -0.05) is 62.4 Å². The third kappa shape index (κ3) is 6.85. The normalized spacial score (nSPS) is 12.8. The van der Waals surface area contributed by atoms with E-state index in [1.165, 1.54) is 11.8 Å². The monoisotopic (exact) mass is 419 g/mol. The molecule has 3 rings (SSSR count). The number of nitrogens with two attached hydrogens (primary N) is 2. The third-order valence-corrected chi connectivity index (χ3v) is 5.33. The van der Waals surface area contributed by atoms with E-state index in [9.17, 15) is 0 Å². The highest BCUT2D eigenvalue weighted by Crippen LogP contribution is 2.35. The first-order valence-electron chi connectivity index (χ1n) is 10.9. The zero-order valence-electron chi connectivity index (χ0n) is 19.3. The van der Waals surface area contributed by atoms with E-state index in [1.54, 1.807) is 6.08 Å². The van der Waals surface area contributed by atoms with Gasteiger partial charge in [-0.3, -0.25) is 0 Å². The quantitative estimate of drug-likeness (QED) is 0.307. The van der Waals surface area contributed by atoms with Crippen molar-refractivity contribution in [1.82, 2.24) is 4.98 Å². The Bertz CT molecular complexity index is 939. The first-order chi connectivity index (χ1) is 14.9. The molecule has 0 saturated carbocycles. The lowest BCUT2D eigenvalue weighted by molar-refractivity contribution is 0.560. The SMILES string of the molecule is C/C=C\N.CC(C)C(C)Nc1c(-c2cccc(N[C@@H](C)c3ccccc3)c2)c[nH]c1N. The van der Waals surface area contributed by atoms with Gasteiger partial charge in [-0.15, -0.1) is 0 Å². The van der Waals surface area contributed by atoms with Crippen molar-refractivity contribution in [1.29, 1.82) is 0 Å². The second kappa shape index (κ2) is 11.7. The van der Waals surface area contributed by atoms with Crippen LogP contribution in [0, 0.1) is 5.92 Å². The Morgan fingerprint density at radius 2 is 1.61 bits per heavy atom. The van der Waals surface area contributed by atoms with Crippen LogP contribution in [0.15, 0.2) is 73.1 Å². The highest BCUT2D eigenvalue weighted by molar-refractivity contribution is 5.86. The Morgan fingerprint density at radius 3 is 2.23 bits per heavy atom. The summed E-state index contributed by atoms with van der Waals surface area (Å²) in [5.74, 6) is 1.19. The van der Waals surface area contributed by atoms with Gasteiger partial charge in [0.2, 0.25) is 0 Å². The van der Waals surface area contributed by atoms with Crippen molar-refractivity contribution < 1.29 is 0 Å². The standard InChI is InChI=1S/C23H30N4.C3H7N/c1-15(2)16(3)27-22-21(14-25-23(22)24)19-11-8-12-20(13-19)26-17(4)18-9-6-5-7-10-18;1-2-3-4/h5-17,25-27H,24H2,1-4H3;2-3H,4H2,1H3/b;3-2-/t16?,17-;/m0./s1. The Hall–Kier alpha value is -3.34. The predicted molar refractivity (Wildman–Crippen MR) is 136 cm³/mol. The lowest BCUT2D eigenvalue weighted by Crippen LogP contribution is -2.22.